The summed E-state index contributed by atoms with van der Waals surface area (Å²) in [5, 5.41) is 5.50. The molecule has 2 N–H and O–H groups in total. The van der Waals surface area contributed by atoms with Crippen LogP contribution in [0.5, 0.6) is 5.75 Å². The molecular weight excluding hydrogens is 225 g/mol. The van der Waals surface area contributed by atoms with E-state index in [4.69, 9.17) is 4.74 Å². The molecule has 0 aromatic carbocycles. The summed E-state index contributed by atoms with van der Waals surface area (Å²) >= 11 is 0. The maximum absolute atomic E-state index is 13.6. The van der Waals surface area contributed by atoms with Crippen molar-refractivity contribution in [3.05, 3.63) is 23.8 Å². The van der Waals surface area contributed by atoms with E-state index < -0.39 is 11.9 Å². The summed E-state index contributed by atoms with van der Waals surface area (Å²) in [6.07, 6.45) is 0.813. The van der Waals surface area contributed by atoms with E-state index in [-0.39, 0.29) is 17.5 Å². The van der Waals surface area contributed by atoms with Crippen LogP contribution in [0.4, 0.5) is 4.39 Å². The molecule has 6 heteroatoms. The van der Waals surface area contributed by atoms with Crippen LogP contribution in [0.25, 0.3) is 0 Å². The highest BCUT2D eigenvalue weighted by Gasteiger charge is 2.19. The monoisotopic (exact) mass is 239 g/mol. The summed E-state index contributed by atoms with van der Waals surface area (Å²) < 4.78 is 19.0. The van der Waals surface area contributed by atoms with Gasteiger partial charge in [-0.25, -0.2) is 4.98 Å². The van der Waals surface area contributed by atoms with Gasteiger partial charge in [0.2, 0.25) is 0 Å². The molecule has 1 amide bonds. The number of ether oxygens (including phenoxy) is 1. The Balaban J connectivity index is 2.10. The topological polar surface area (TPSA) is 63.2 Å². The molecule has 1 aliphatic heterocycles. The van der Waals surface area contributed by atoms with E-state index in [1.165, 1.54) is 19.2 Å². The lowest BCUT2D eigenvalue weighted by atomic mass is 10.3. The largest absolute Gasteiger partial charge is 0.484 e. The molecule has 1 atom stereocenters. The van der Waals surface area contributed by atoms with Crippen LogP contribution in [0.2, 0.25) is 0 Å². The van der Waals surface area contributed by atoms with Crippen LogP contribution >= 0.6 is 0 Å². The first-order valence-corrected chi connectivity index (χ1v) is 5.46. The summed E-state index contributed by atoms with van der Waals surface area (Å²) in [5.74, 6) is -1.08. The minimum atomic E-state index is -0.752. The number of pyridine rings is 1. The van der Waals surface area contributed by atoms with Gasteiger partial charge in [0, 0.05) is 13.6 Å². The van der Waals surface area contributed by atoms with Gasteiger partial charge in [-0.2, -0.15) is 4.39 Å². The number of hydrogen-bond acceptors (Lipinski definition) is 4. The Labute approximate surface area is 98.4 Å². The molecule has 0 saturated carbocycles. The number of nitrogens with zero attached hydrogens (tertiary/aromatic N) is 1. The Morgan fingerprint density at radius 3 is 3.06 bits per heavy atom. The molecule has 0 aliphatic carbocycles. The second-order valence-corrected chi connectivity index (χ2v) is 3.80. The third-order valence-corrected chi connectivity index (χ3v) is 2.58. The minimum Gasteiger partial charge on any atom is -0.484 e. The molecule has 2 heterocycles. The molecule has 0 spiro atoms. The quantitative estimate of drug-likeness (QED) is 0.746. The van der Waals surface area contributed by atoms with Crippen LogP contribution in [-0.2, 0) is 0 Å². The Morgan fingerprint density at radius 1 is 1.65 bits per heavy atom. The fourth-order valence-corrected chi connectivity index (χ4v) is 1.67. The first kappa shape index (κ1) is 11.8. The van der Waals surface area contributed by atoms with Gasteiger partial charge in [0.25, 0.3) is 11.9 Å². The number of nitrogens with one attached hydrogen (secondary N) is 2. The van der Waals surface area contributed by atoms with Crippen molar-refractivity contribution in [1.82, 2.24) is 15.6 Å². The standard InChI is InChI=1S/C11H14FN3O2/c1-13-11(16)8-2-3-9(10(12)15-8)17-7-4-5-14-6-7/h2-3,7,14H,4-6H2,1H3,(H,13,16)/t7-/m1/s1. The third-order valence-electron chi connectivity index (χ3n) is 2.58. The maximum atomic E-state index is 13.6. The number of halogens is 1. The van der Waals surface area contributed by atoms with Crippen molar-refractivity contribution in [3.63, 3.8) is 0 Å². The van der Waals surface area contributed by atoms with E-state index in [1.807, 2.05) is 0 Å². The number of hydrogen-bond donors (Lipinski definition) is 2. The van der Waals surface area contributed by atoms with Gasteiger partial charge in [-0.1, -0.05) is 0 Å². The highest BCUT2D eigenvalue weighted by atomic mass is 19.1. The summed E-state index contributed by atoms with van der Waals surface area (Å²) in [7, 11) is 1.47. The normalized spacial score (nSPS) is 19.1. The Bertz CT molecular complexity index is 419. The fourth-order valence-electron chi connectivity index (χ4n) is 1.67. The van der Waals surface area contributed by atoms with Crippen LogP contribution in [0, 0.1) is 5.95 Å². The molecular formula is C11H14FN3O2. The number of aromatic nitrogens is 1. The van der Waals surface area contributed by atoms with Gasteiger partial charge in [0.15, 0.2) is 5.75 Å². The summed E-state index contributed by atoms with van der Waals surface area (Å²) in [6, 6.07) is 2.88. The predicted octanol–water partition coefficient (Wildman–Crippen LogP) is 0.321. The van der Waals surface area contributed by atoms with Gasteiger partial charge in [-0.15, -0.1) is 0 Å². The smallest absolute Gasteiger partial charge is 0.269 e. The zero-order chi connectivity index (χ0) is 12.3. The second-order valence-electron chi connectivity index (χ2n) is 3.80. The SMILES string of the molecule is CNC(=O)c1ccc(O[C@@H]2CCNC2)c(F)n1. The van der Waals surface area contributed by atoms with Gasteiger partial charge in [-0.3, -0.25) is 4.79 Å². The minimum absolute atomic E-state index is 0.0304. The van der Waals surface area contributed by atoms with Crippen LogP contribution in [0.3, 0.4) is 0 Å². The molecule has 2 rings (SSSR count). The number of amides is 1. The van der Waals surface area contributed by atoms with Crippen LogP contribution < -0.4 is 15.4 Å². The second kappa shape index (κ2) is 5.09. The van der Waals surface area contributed by atoms with Crippen molar-refractivity contribution in [2.45, 2.75) is 12.5 Å². The van der Waals surface area contributed by atoms with E-state index in [2.05, 4.69) is 15.6 Å². The Morgan fingerprint density at radius 2 is 2.47 bits per heavy atom. The highest BCUT2D eigenvalue weighted by molar-refractivity contribution is 5.92. The predicted molar refractivity (Wildman–Crippen MR) is 59.5 cm³/mol. The Kier molecular flexibility index (Phi) is 3.53. The van der Waals surface area contributed by atoms with Gasteiger partial charge in [-0.05, 0) is 25.1 Å². The Hall–Kier alpha value is -1.69. The molecule has 1 aliphatic rings. The lowest BCUT2D eigenvalue weighted by molar-refractivity contribution is 0.0956. The lowest BCUT2D eigenvalue weighted by Gasteiger charge is -2.12. The first-order valence-electron chi connectivity index (χ1n) is 5.46. The first-order chi connectivity index (χ1) is 8.20. The molecule has 17 heavy (non-hydrogen) atoms. The summed E-state index contributed by atoms with van der Waals surface area (Å²) in [5.41, 5.74) is 0.0434. The van der Waals surface area contributed by atoms with Gasteiger partial charge in [0.1, 0.15) is 11.8 Å². The van der Waals surface area contributed by atoms with E-state index in [0.717, 1.165) is 13.0 Å². The highest BCUT2D eigenvalue weighted by Crippen LogP contribution is 2.18. The molecule has 92 valence electrons. The molecule has 1 aromatic heterocycles. The maximum Gasteiger partial charge on any atom is 0.269 e. The zero-order valence-electron chi connectivity index (χ0n) is 9.50. The van der Waals surface area contributed by atoms with E-state index in [9.17, 15) is 9.18 Å². The van der Waals surface area contributed by atoms with Crippen molar-refractivity contribution >= 4 is 5.91 Å². The van der Waals surface area contributed by atoms with Crippen LogP contribution in [0.1, 0.15) is 16.9 Å². The van der Waals surface area contributed by atoms with Crippen molar-refractivity contribution < 1.29 is 13.9 Å². The molecule has 5 nitrogen and oxygen atoms in total. The van der Waals surface area contributed by atoms with Crippen LogP contribution in [0.15, 0.2) is 12.1 Å². The summed E-state index contributed by atoms with van der Waals surface area (Å²) in [4.78, 5) is 14.8. The molecule has 1 fully saturated rings. The molecule has 1 saturated heterocycles. The molecule has 0 radical (unpaired) electrons. The van der Waals surface area contributed by atoms with Gasteiger partial charge >= 0.3 is 0 Å². The lowest BCUT2D eigenvalue weighted by Crippen LogP contribution is -2.22. The van der Waals surface area contributed by atoms with Crippen molar-refractivity contribution in [2.75, 3.05) is 20.1 Å². The zero-order valence-corrected chi connectivity index (χ0v) is 9.50. The van der Waals surface area contributed by atoms with Crippen molar-refractivity contribution in [1.29, 1.82) is 0 Å². The van der Waals surface area contributed by atoms with Crippen molar-refractivity contribution in [3.8, 4) is 5.75 Å². The third kappa shape index (κ3) is 2.71. The number of carbonyl (C=O) groups is 1. The molecule has 1 aromatic rings. The van der Waals surface area contributed by atoms with E-state index in [0.29, 0.717) is 6.54 Å². The number of rotatable bonds is 3. The average molecular weight is 239 g/mol. The van der Waals surface area contributed by atoms with Crippen molar-refractivity contribution in [2.24, 2.45) is 0 Å². The van der Waals surface area contributed by atoms with Gasteiger partial charge in [0.05, 0.1) is 0 Å². The molecule has 0 bridgehead atoms. The van der Waals surface area contributed by atoms with Gasteiger partial charge < -0.3 is 15.4 Å². The van der Waals surface area contributed by atoms with E-state index in [1.54, 1.807) is 0 Å². The number of carbonyl (C=O) groups excluding carboxylic acids is 1. The van der Waals surface area contributed by atoms with E-state index >= 15 is 0 Å². The average Bonchev–Trinajstić information content (AvgIpc) is 2.83. The molecule has 0 unspecified atom stereocenters. The summed E-state index contributed by atoms with van der Waals surface area (Å²) in [6.45, 7) is 1.58. The fraction of sp³-hybridized carbons (Fsp3) is 0.455. The van der Waals surface area contributed by atoms with Crippen LogP contribution in [-0.4, -0.2) is 37.1 Å².